The number of nitrogens with one attached hydrogen (secondary N) is 2. The van der Waals surface area contributed by atoms with Crippen LogP contribution in [0.25, 0.3) is 0 Å². The van der Waals surface area contributed by atoms with Crippen LogP contribution >= 0.6 is 11.6 Å². The van der Waals surface area contributed by atoms with Crippen LogP contribution < -0.4 is 15.5 Å². The van der Waals surface area contributed by atoms with Crippen molar-refractivity contribution >= 4 is 45.0 Å². The zero-order valence-corrected chi connectivity index (χ0v) is 25.2. The smallest absolute Gasteiger partial charge is 0.408 e. The fourth-order valence-corrected chi connectivity index (χ4v) is 6.67. The van der Waals surface area contributed by atoms with Crippen molar-refractivity contribution < 1.29 is 32.3 Å². The van der Waals surface area contributed by atoms with Crippen molar-refractivity contribution in [3.63, 3.8) is 0 Å². The lowest BCUT2D eigenvalue weighted by atomic mass is 9.93. The zero-order valence-electron chi connectivity index (χ0n) is 23.6. The molecular weight excluding hydrogens is 570 g/mol. The summed E-state index contributed by atoms with van der Waals surface area (Å²) in [4.78, 5) is 40.9. The molecule has 0 unspecified atom stereocenters. The lowest BCUT2D eigenvalue weighted by Gasteiger charge is -2.29. The number of halogens is 1. The van der Waals surface area contributed by atoms with E-state index in [9.17, 15) is 22.8 Å². The van der Waals surface area contributed by atoms with Crippen LogP contribution in [0.5, 0.6) is 0 Å². The van der Waals surface area contributed by atoms with Crippen molar-refractivity contribution in [2.75, 3.05) is 23.9 Å². The third-order valence-corrected chi connectivity index (χ3v) is 9.11. The summed E-state index contributed by atoms with van der Waals surface area (Å²) in [6, 6.07) is 9.43. The number of carbonyl (C=O) groups excluding carboxylic acids is 3. The highest BCUT2D eigenvalue weighted by atomic mass is 35.5. The summed E-state index contributed by atoms with van der Waals surface area (Å²) in [6.45, 7) is 8.19. The normalized spacial score (nSPS) is 20.0. The Morgan fingerprint density at radius 2 is 1.78 bits per heavy atom. The van der Waals surface area contributed by atoms with Gasteiger partial charge in [0.05, 0.1) is 22.9 Å². The van der Waals surface area contributed by atoms with Gasteiger partial charge in [-0.1, -0.05) is 23.7 Å². The molecule has 0 radical (unpaired) electrons. The number of anilines is 1. The zero-order chi connectivity index (χ0) is 29.9. The molecule has 2 aliphatic heterocycles. The molecule has 2 aromatic rings. The van der Waals surface area contributed by atoms with Crippen molar-refractivity contribution in [3.8, 4) is 0 Å². The van der Waals surface area contributed by atoms with Gasteiger partial charge in [-0.05, 0) is 82.3 Å². The molecule has 0 bridgehead atoms. The highest BCUT2D eigenvalue weighted by Gasteiger charge is 2.40. The SMILES string of the molecule is C[C@@H](NC(=O)c1ccc2c(c1)N(Cc1ccc(Cl)cc1)C(=O)[C@@H](NC(=O)OC(C)(C)C)CS2(=O)=O)C1CCOCC1. The van der Waals surface area contributed by atoms with Gasteiger partial charge >= 0.3 is 6.09 Å². The van der Waals surface area contributed by atoms with Gasteiger partial charge in [0.2, 0.25) is 0 Å². The number of hydrogen-bond donors (Lipinski definition) is 2. The second kappa shape index (κ2) is 12.4. The maximum absolute atomic E-state index is 13.9. The Labute approximate surface area is 245 Å². The predicted molar refractivity (Wildman–Crippen MR) is 155 cm³/mol. The van der Waals surface area contributed by atoms with Crippen molar-refractivity contribution in [1.82, 2.24) is 10.6 Å². The van der Waals surface area contributed by atoms with Crippen LogP contribution in [-0.2, 0) is 30.7 Å². The van der Waals surface area contributed by atoms with Gasteiger partial charge < -0.3 is 25.0 Å². The molecule has 10 nitrogen and oxygen atoms in total. The maximum Gasteiger partial charge on any atom is 0.408 e. The number of nitrogens with zero attached hydrogens (tertiary/aromatic N) is 1. The third kappa shape index (κ3) is 7.78. The molecule has 3 amide bonds. The molecule has 1 fully saturated rings. The molecule has 2 atom stereocenters. The molecule has 0 aromatic heterocycles. The number of sulfone groups is 1. The first kappa shape index (κ1) is 30.8. The number of carbonyl (C=O) groups is 3. The minimum Gasteiger partial charge on any atom is -0.444 e. The van der Waals surface area contributed by atoms with Crippen LogP contribution in [0, 0.1) is 5.92 Å². The minimum absolute atomic E-state index is 0.0193. The second-order valence-corrected chi connectivity index (χ2v) is 13.9. The van der Waals surface area contributed by atoms with E-state index in [1.54, 1.807) is 45.0 Å². The summed E-state index contributed by atoms with van der Waals surface area (Å²) in [7, 11) is -4.06. The van der Waals surface area contributed by atoms with Crippen LogP contribution in [-0.4, -0.2) is 63.0 Å². The number of benzene rings is 2. The number of hydrogen-bond acceptors (Lipinski definition) is 7. The topological polar surface area (TPSA) is 131 Å². The third-order valence-electron chi connectivity index (χ3n) is 7.07. The monoisotopic (exact) mass is 605 g/mol. The Balaban J connectivity index is 1.70. The molecule has 1 saturated heterocycles. The molecular formula is C29H36ClN3O7S. The molecule has 0 saturated carbocycles. The summed E-state index contributed by atoms with van der Waals surface area (Å²) >= 11 is 6.04. The van der Waals surface area contributed by atoms with Gasteiger partial charge in [0.1, 0.15) is 11.6 Å². The number of ether oxygens (including phenoxy) is 2. The molecule has 2 aliphatic rings. The summed E-state index contributed by atoms with van der Waals surface area (Å²) in [6.07, 6.45) is 0.754. The highest BCUT2D eigenvalue weighted by molar-refractivity contribution is 7.91. The first-order valence-electron chi connectivity index (χ1n) is 13.5. The maximum atomic E-state index is 13.9. The van der Waals surface area contributed by atoms with Gasteiger partial charge in [-0.3, -0.25) is 9.59 Å². The molecule has 0 aliphatic carbocycles. The molecule has 12 heteroatoms. The van der Waals surface area contributed by atoms with Gasteiger partial charge in [-0.15, -0.1) is 0 Å². The summed E-state index contributed by atoms with van der Waals surface area (Å²) in [5.41, 5.74) is 0.0920. The van der Waals surface area contributed by atoms with Crippen molar-refractivity contribution in [3.05, 3.63) is 58.6 Å². The van der Waals surface area contributed by atoms with Crippen molar-refractivity contribution in [1.29, 1.82) is 0 Å². The lowest BCUT2D eigenvalue weighted by Crippen LogP contribution is -2.51. The van der Waals surface area contributed by atoms with E-state index in [0.29, 0.717) is 23.8 Å². The van der Waals surface area contributed by atoms with E-state index in [-0.39, 0.29) is 40.6 Å². The molecule has 2 N–H and O–H groups in total. The Bertz CT molecular complexity index is 1400. The predicted octanol–water partition coefficient (Wildman–Crippen LogP) is 4.10. The van der Waals surface area contributed by atoms with Crippen LogP contribution in [0.3, 0.4) is 0 Å². The second-order valence-electron chi connectivity index (χ2n) is 11.4. The van der Waals surface area contributed by atoms with E-state index in [0.717, 1.165) is 12.8 Å². The number of rotatable bonds is 6. The van der Waals surface area contributed by atoms with E-state index in [2.05, 4.69) is 10.6 Å². The summed E-state index contributed by atoms with van der Waals surface area (Å²) < 4.78 is 37.8. The lowest BCUT2D eigenvalue weighted by molar-refractivity contribution is -0.120. The van der Waals surface area contributed by atoms with Gasteiger partial charge in [-0.25, -0.2) is 13.2 Å². The van der Waals surface area contributed by atoms with Gasteiger partial charge in [0.25, 0.3) is 11.8 Å². The number of amides is 3. The molecule has 2 aromatic carbocycles. The fraction of sp³-hybridized carbons (Fsp3) is 0.483. The Morgan fingerprint density at radius 3 is 2.41 bits per heavy atom. The van der Waals surface area contributed by atoms with Gasteiger partial charge in [0.15, 0.2) is 9.84 Å². The van der Waals surface area contributed by atoms with E-state index in [1.807, 2.05) is 6.92 Å². The molecule has 2 heterocycles. The molecule has 4 rings (SSSR count). The van der Waals surface area contributed by atoms with Gasteiger partial charge in [-0.2, -0.15) is 0 Å². The minimum atomic E-state index is -4.06. The molecule has 41 heavy (non-hydrogen) atoms. The Kier molecular flexibility index (Phi) is 9.30. The van der Waals surface area contributed by atoms with Crippen molar-refractivity contribution in [2.24, 2.45) is 5.92 Å². The average molecular weight is 606 g/mol. The van der Waals surface area contributed by atoms with Crippen LogP contribution in [0.15, 0.2) is 47.4 Å². The van der Waals surface area contributed by atoms with E-state index < -0.39 is 39.2 Å². The van der Waals surface area contributed by atoms with E-state index >= 15 is 0 Å². The Hall–Kier alpha value is -3.15. The highest BCUT2D eigenvalue weighted by Crippen LogP contribution is 2.33. The largest absolute Gasteiger partial charge is 0.444 e. The van der Waals surface area contributed by atoms with Crippen LogP contribution in [0.2, 0.25) is 5.02 Å². The average Bonchev–Trinajstić information content (AvgIpc) is 2.97. The molecule has 0 spiro atoms. The molecule has 222 valence electrons. The van der Waals surface area contributed by atoms with E-state index in [1.165, 1.54) is 23.1 Å². The first-order valence-corrected chi connectivity index (χ1v) is 15.6. The summed E-state index contributed by atoms with van der Waals surface area (Å²) in [5, 5.41) is 5.95. The van der Waals surface area contributed by atoms with Crippen LogP contribution in [0.4, 0.5) is 10.5 Å². The number of alkyl carbamates (subject to hydrolysis) is 1. The fourth-order valence-electron chi connectivity index (χ4n) is 4.93. The summed E-state index contributed by atoms with van der Waals surface area (Å²) in [5.74, 6) is -1.43. The standard InChI is InChI=1S/C29H36ClN3O7S/c1-18(20-11-13-39-14-12-20)31-26(34)21-7-10-25-24(15-21)33(16-19-5-8-22(30)9-6-19)27(35)23(17-41(25,37)38)32-28(36)40-29(2,3)4/h5-10,15,18,20,23H,11-14,16-17H2,1-4H3,(H,31,34)(H,32,36)/t18-,23+/m1/s1. The quantitative estimate of drug-likeness (QED) is 0.507. The Morgan fingerprint density at radius 1 is 1.12 bits per heavy atom. The first-order chi connectivity index (χ1) is 19.2. The van der Waals surface area contributed by atoms with Crippen molar-refractivity contribution in [2.45, 2.75) is 69.7 Å². The van der Waals surface area contributed by atoms with Gasteiger partial charge in [0, 0.05) is 29.8 Å². The van der Waals surface area contributed by atoms with Crippen LogP contribution in [0.1, 0.15) is 56.5 Å². The van der Waals surface area contributed by atoms with E-state index in [4.69, 9.17) is 21.1 Å². The number of fused-ring (bicyclic) bond motifs is 1.